The van der Waals surface area contributed by atoms with Gasteiger partial charge in [-0.15, -0.1) is 0 Å². The van der Waals surface area contributed by atoms with Crippen molar-refractivity contribution in [1.29, 1.82) is 0 Å². The van der Waals surface area contributed by atoms with E-state index >= 15 is 0 Å². The number of hydrogen-bond donors (Lipinski definition) is 1. The van der Waals surface area contributed by atoms with Gasteiger partial charge in [-0.2, -0.15) is 0 Å². The van der Waals surface area contributed by atoms with Crippen LogP contribution in [0.4, 0.5) is 0 Å². The van der Waals surface area contributed by atoms with Gasteiger partial charge >= 0.3 is 0 Å². The predicted molar refractivity (Wildman–Crippen MR) is 104 cm³/mol. The molecule has 0 spiro atoms. The molecule has 0 aromatic heterocycles. The lowest BCUT2D eigenvalue weighted by Crippen LogP contribution is -2.43. The van der Waals surface area contributed by atoms with E-state index in [9.17, 15) is 4.79 Å². The topological polar surface area (TPSA) is 29.1 Å². The van der Waals surface area contributed by atoms with Gasteiger partial charge < -0.3 is 5.32 Å². The molecule has 2 heteroatoms. The maximum absolute atomic E-state index is 13.3. The average molecular weight is 335 g/mol. The van der Waals surface area contributed by atoms with Crippen LogP contribution in [-0.2, 0) is 10.2 Å². The maximum Gasteiger partial charge on any atom is 0.231 e. The van der Waals surface area contributed by atoms with E-state index in [1.54, 1.807) is 0 Å². The highest BCUT2D eigenvalue weighted by atomic mass is 16.2. The molecule has 0 bridgehead atoms. The summed E-state index contributed by atoms with van der Waals surface area (Å²) in [6.07, 6.45) is 4.14. The third-order valence-corrected chi connectivity index (χ3v) is 5.91. The summed E-state index contributed by atoms with van der Waals surface area (Å²) in [5.74, 6) is 0.182. The highest BCUT2D eigenvalue weighted by Crippen LogP contribution is 2.41. The minimum absolute atomic E-state index is 0.0213. The molecule has 2 aromatic carbocycles. The van der Waals surface area contributed by atoms with Crippen LogP contribution in [0.3, 0.4) is 0 Å². The molecule has 0 aliphatic heterocycles. The van der Waals surface area contributed by atoms with Crippen LogP contribution < -0.4 is 5.32 Å². The number of rotatable bonds is 4. The quantitative estimate of drug-likeness (QED) is 0.807. The molecular weight excluding hydrogens is 306 g/mol. The molecule has 1 aliphatic carbocycles. The van der Waals surface area contributed by atoms with Gasteiger partial charge in [-0.05, 0) is 68.4 Å². The van der Waals surface area contributed by atoms with Crippen LogP contribution in [0.25, 0.3) is 0 Å². The zero-order chi connectivity index (χ0) is 18.0. The Morgan fingerprint density at radius 3 is 2.20 bits per heavy atom. The second-order valence-electron chi connectivity index (χ2n) is 7.64. The largest absolute Gasteiger partial charge is 0.349 e. The lowest BCUT2D eigenvalue weighted by Gasteiger charge is -2.30. The van der Waals surface area contributed by atoms with E-state index in [2.05, 4.69) is 57.3 Å². The van der Waals surface area contributed by atoms with Gasteiger partial charge in [0.25, 0.3) is 0 Å². The number of carbonyl (C=O) groups is 1. The standard InChI is InChI=1S/C23H29NO/c1-16-14-18(3)21(15-17(16)2)19(4)24-22(25)23(12-8-9-13-23)20-10-6-5-7-11-20/h5-7,10-11,14-15,19H,8-9,12-13H2,1-4H3,(H,24,25)/t19-/m1/s1. The molecule has 25 heavy (non-hydrogen) atoms. The molecule has 1 saturated carbocycles. The number of nitrogens with one attached hydrogen (secondary N) is 1. The van der Waals surface area contributed by atoms with Crippen LogP contribution in [0.1, 0.15) is 66.5 Å². The molecule has 1 atom stereocenters. The smallest absolute Gasteiger partial charge is 0.231 e. The third-order valence-electron chi connectivity index (χ3n) is 5.91. The highest BCUT2D eigenvalue weighted by Gasteiger charge is 2.42. The molecule has 0 saturated heterocycles. The minimum Gasteiger partial charge on any atom is -0.349 e. The molecule has 132 valence electrons. The SMILES string of the molecule is Cc1cc(C)c([C@@H](C)NC(=O)C2(c3ccccc3)CCCC2)cc1C. The molecule has 1 amide bonds. The van der Waals surface area contributed by atoms with E-state index in [0.717, 1.165) is 31.2 Å². The van der Waals surface area contributed by atoms with Crippen molar-refractivity contribution in [2.24, 2.45) is 0 Å². The normalized spacial score (nSPS) is 17.3. The van der Waals surface area contributed by atoms with Crippen molar-refractivity contribution in [2.45, 2.75) is 64.8 Å². The van der Waals surface area contributed by atoms with Crippen molar-refractivity contribution < 1.29 is 4.79 Å². The average Bonchev–Trinajstić information content (AvgIpc) is 3.10. The van der Waals surface area contributed by atoms with Crippen LogP contribution >= 0.6 is 0 Å². The molecule has 2 nitrogen and oxygen atoms in total. The van der Waals surface area contributed by atoms with Crippen LogP contribution in [0.5, 0.6) is 0 Å². The Labute approximate surface area is 151 Å². The molecule has 0 heterocycles. The molecule has 0 unspecified atom stereocenters. The molecule has 2 aromatic rings. The Balaban J connectivity index is 1.86. The molecule has 1 N–H and O–H groups in total. The summed E-state index contributed by atoms with van der Waals surface area (Å²) < 4.78 is 0. The summed E-state index contributed by atoms with van der Waals surface area (Å²) in [4.78, 5) is 13.3. The predicted octanol–water partition coefficient (Wildman–Crippen LogP) is 5.30. The fraction of sp³-hybridized carbons (Fsp3) is 0.435. The van der Waals surface area contributed by atoms with Crippen molar-refractivity contribution in [1.82, 2.24) is 5.32 Å². The Hall–Kier alpha value is -2.09. The van der Waals surface area contributed by atoms with E-state index in [1.807, 2.05) is 18.2 Å². The second kappa shape index (κ2) is 7.03. The molecule has 1 fully saturated rings. The summed E-state index contributed by atoms with van der Waals surface area (Å²) in [5, 5.41) is 3.33. The lowest BCUT2D eigenvalue weighted by molar-refractivity contribution is -0.127. The number of amides is 1. The number of benzene rings is 2. The van der Waals surface area contributed by atoms with Gasteiger partial charge in [-0.3, -0.25) is 4.79 Å². The molecule has 0 radical (unpaired) electrons. The van der Waals surface area contributed by atoms with Crippen LogP contribution in [0, 0.1) is 20.8 Å². The van der Waals surface area contributed by atoms with Gasteiger partial charge in [0, 0.05) is 0 Å². The van der Waals surface area contributed by atoms with Crippen molar-refractivity contribution in [3.05, 3.63) is 70.3 Å². The Morgan fingerprint density at radius 1 is 0.960 bits per heavy atom. The van der Waals surface area contributed by atoms with Crippen molar-refractivity contribution in [3.8, 4) is 0 Å². The minimum atomic E-state index is -0.358. The fourth-order valence-corrected chi connectivity index (χ4v) is 4.24. The number of carbonyl (C=O) groups excluding carboxylic acids is 1. The first-order chi connectivity index (χ1) is 11.9. The summed E-state index contributed by atoms with van der Waals surface area (Å²) in [7, 11) is 0. The number of hydrogen-bond acceptors (Lipinski definition) is 1. The van der Waals surface area contributed by atoms with Crippen molar-refractivity contribution in [2.75, 3.05) is 0 Å². The first-order valence-corrected chi connectivity index (χ1v) is 9.38. The second-order valence-corrected chi connectivity index (χ2v) is 7.64. The van der Waals surface area contributed by atoms with E-state index < -0.39 is 0 Å². The molecule has 1 aliphatic rings. The van der Waals surface area contributed by atoms with Crippen molar-refractivity contribution in [3.63, 3.8) is 0 Å². The number of aryl methyl sites for hydroxylation is 3. The zero-order valence-electron chi connectivity index (χ0n) is 15.9. The molecule has 3 rings (SSSR count). The molecular formula is C23H29NO. The van der Waals surface area contributed by atoms with Crippen LogP contribution in [0.15, 0.2) is 42.5 Å². The van der Waals surface area contributed by atoms with Gasteiger partial charge in [0.2, 0.25) is 5.91 Å². The van der Waals surface area contributed by atoms with Gasteiger partial charge in [0.15, 0.2) is 0 Å². The first kappa shape index (κ1) is 17.7. The summed E-state index contributed by atoms with van der Waals surface area (Å²) in [5.41, 5.74) is 5.85. The Morgan fingerprint density at radius 2 is 1.56 bits per heavy atom. The summed E-state index contributed by atoms with van der Waals surface area (Å²) >= 11 is 0. The van der Waals surface area contributed by atoms with E-state index in [-0.39, 0.29) is 17.4 Å². The van der Waals surface area contributed by atoms with Crippen molar-refractivity contribution >= 4 is 5.91 Å². The highest BCUT2D eigenvalue weighted by molar-refractivity contribution is 5.89. The summed E-state index contributed by atoms with van der Waals surface area (Å²) in [6.45, 7) is 8.50. The van der Waals surface area contributed by atoms with E-state index in [1.165, 1.54) is 22.3 Å². The lowest BCUT2D eigenvalue weighted by atomic mass is 9.77. The van der Waals surface area contributed by atoms with Gasteiger partial charge in [0.05, 0.1) is 11.5 Å². The van der Waals surface area contributed by atoms with E-state index in [0.29, 0.717) is 0 Å². The monoisotopic (exact) mass is 335 g/mol. The third kappa shape index (κ3) is 3.35. The Bertz CT molecular complexity index is 757. The maximum atomic E-state index is 13.3. The van der Waals surface area contributed by atoms with Gasteiger partial charge in [-0.25, -0.2) is 0 Å². The van der Waals surface area contributed by atoms with Crippen LogP contribution in [0.2, 0.25) is 0 Å². The fourth-order valence-electron chi connectivity index (χ4n) is 4.24. The van der Waals surface area contributed by atoms with Gasteiger partial charge in [-0.1, -0.05) is 55.3 Å². The first-order valence-electron chi connectivity index (χ1n) is 9.38. The summed E-state index contributed by atoms with van der Waals surface area (Å²) in [6, 6.07) is 14.8. The van der Waals surface area contributed by atoms with Crippen LogP contribution in [-0.4, -0.2) is 5.91 Å². The van der Waals surface area contributed by atoms with E-state index in [4.69, 9.17) is 0 Å². The Kier molecular flexibility index (Phi) is 4.99. The van der Waals surface area contributed by atoms with Gasteiger partial charge in [0.1, 0.15) is 0 Å². The zero-order valence-corrected chi connectivity index (χ0v) is 15.9.